The molecule has 13 heteroatoms. The molecule has 0 N–H and O–H groups in total. The molecule has 0 aliphatic rings. The molecule has 0 fully saturated rings. The third kappa shape index (κ3) is 271. The van der Waals surface area contributed by atoms with Crippen LogP contribution >= 0.6 is 18.6 Å². The van der Waals surface area contributed by atoms with Crippen molar-refractivity contribution in [1.82, 2.24) is 0 Å². The Morgan fingerprint density at radius 3 is 0.538 bits per heavy atom. The predicted octanol–water partition coefficient (Wildman–Crippen LogP) is 2.21. The third-order valence-corrected chi connectivity index (χ3v) is 0. The fourth-order valence-electron chi connectivity index (χ4n) is 0. The van der Waals surface area contributed by atoms with Crippen molar-refractivity contribution in [2.24, 2.45) is 0 Å². The molecule has 0 amide bonds. The van der Waals surface area contributed by atoms with Crippen LogP contribution in [0.2, 0.25) is 0 Å². The molecule has 0 heterocycles. The zero-order valence-electron chi connectivity index (χ0n) is 5.42. The summed E-state index contributed by atoms with van der Waals surface area (Å²) in [6.07, 6.45) is -5.11. The van der Waals surface area contributed by atoms with Gasteiger partial charge in [0.1, 0.15) is 0 Å². The van der Waals surface area contributed by atoms with E-state index in [9.17, 15) is 13.7 Å². The quantitative estimate of drug-likeness (QED) is 0.328. The van der Waals surface area contributed by atoms with Crippen LogP contribution in [-0.4, -0.2) is 0 Å². The van der Waals surface area contributed by atoms with Crippen molar-refractivity contribution in [2.45, 2.75) is 0 Å². The van der Waals surface area contributed by atoms with Gasteiger partial charge in [0.05, 0.1) is 18.6 Å². The predicted molar refractivity (Wildman–Crippen MR) is 67.0 cm³/mol. The molecule has 0 aliphatic carbocycles. The van der Waals surface area contributed by atoms with E-state index in [4.69, 9.17) is 0 Å². The van der Waals surface area contributed by atoms with E-state index >= 15 is 0 Å². The molecule has 0 aliphatic heterocycles. The maximum atomic E-state index is 9.22. The normalized spacial score (nSPS) is 6.00. The van der Waals surface area contributed by atoms with E-state index in [1.54, 1.807) is 0 Å². The Morgan fingerprint density at radius 2 is 0.538 bits per heavy atom. The van der Waals surface area contributed by atoms with Crippen molar-refractivity contribution in [3.63, 3.8) is 0 Å². The Bertz CT molecular complexity index is 121. The maximum absolute atomic E-state index is 9.22. The molecule has 78 valence electrons. The van der Waals surface area contributed by atoms with Crippen molar-refractivity contribution in [3.8, 4) is 0 Å². The topological polar surface area (TPSA) is 51.2 Å². The van der Waals surface area contributed by atoms with Crippen LogP contribution in [0, 0.1) is 0 Å². The number of hydrogen-bond donors (Lipinski definition) is 0. The largest absolute Gasteiger partial charge is 0.471 e. The van der Waals surface area contributed by atoms with Crippen LogP contribution in [0.5, 0.6) is 0 Å². The van der Waals surface area contributed by atoms with E-state index < -0.39 is 18.6 Å². The van der Waals surface area contributed by atoms with E-state index in [1.165, 1.54) is 0 Å². The standard InChI is InChI=1S/Mo.3HOPS2/c;3*1-2(3)4/h;3*(H,1,3,4)/p-3. The van der Waals surface area contributed by atoms with Gasteiger partial charge in [0.15, 0.2) is 0 Å². The molecule has 0 saturated carbocycles. The summed E-state index contributed by atoms with van der Waals surface area (Å²) in [6.45, 7) is 0. The van der Waals surface area contributed by atoms with Gasteiger partial charge in [0.25, 0.3) is 0 Å². The SMILES string of the molecule is O=[P+]([S-])[S-].O=[P+]([S-])[S-].O=[P+]([S-])[S-].[Mo]. The summed E-state index contributed by atoms with van der Waals surface area (Å²) in [5.41, 5.74) is 0. The Kier molecular flexibility index (Phi) is 39.5. The first-order valence-corrected chi connectivity index (χ1v) is 11.5. The van der Waals surface area contributed by atoms with Gasteiger partial charge in [0.2, 0.25) is 0 Å². The third-order valence-electron chi connectivity index (χ3n) is 0. The Morgan fingerprint density at radius 1 is 0.538 bits per heavy atom. The van der Waals surface area contributed by atoms with E-state index in [0.717, 1.165) is 0 Å². The molecule has 3 nitrogen and oxygen atoms in total. The van der Waals surface area contributed by atoms with Crippen LogP contribution in [0.1, 0.15) is 0 Å². The molecular weight excluding hydrogens is 429 g/mol. The summed E-state index contributed by atoms with van der Waals surface area (Å²) >= 11 is 23.7. The van der Waals surface area contributed by atoms with Crippen LogP contribution in [-0.2, 0) is 108 Å². The van der Waals surface area contributed by atoms with E-state index in [1.807, 2.05) is 0 Å². The summed E-state index contributed by atoms with van der Waals surface area (Å²) < 4.78 is 27.7. The van der Waals surface area contributed by atoms with Crippen molar-refractivity contribution in [2.75, 3.05) is 0 Å². The molecule has 0 aromatic rings. The van der Waals surface area contributed by atoms with E-state index in [0.29, 0.717) is 0 Å². The second-order valence-electron chi connectivity index (χ2n) is 0.671. The van der Waals surface area contributed by atoms with Crippen molar-refractivity contribution < 1.29 is 34.8 Å². The van der Waals surface area contributed by atoms with Gasteiger partial charge in [-0.15, -0.1) is 13.7 Å². The minimum Gasteiger partial charge on any atom is -0.471 e. The molecule has 0 unspecified atom stereocenters. The average Bonchev–Trinajstić information content (AvgIpc) is 1.54. The zero-order valence-corrected chi connectivity index (χ0v) is 15.0. The molecule has 0 rings (SSSR count). The minimum absolute atomic E-state index is 0. The molecule has 0 spiro atoms. The van der Waals surface area contributed by atoms with Crippen molar-refractivity contribution in [1.29, 1.82) is 0 Å². The summed E-state index contributed by atoms with van der Waals surface area (Å²) in [5, 5.41) is 0. The number of rotatable bonds is 0. The second-order valence-corrected chi connectivity index (χ2v) is 10.1. The molecular formula is MoO3P3S6-3. The smallest absolute Gasteiger partial charge is 0.0695 e. The van der Waals surface area contributed by atoms with Gasteiger partial charge in [-0.3, -0.25) is 0 Å². The molecule has 0 atom stereocenters. The monoisotopic (exact) mass is 431 g/mol. The van der Waals surface area contributed by atoms with Gasteiger partial charge >= 0.3 is 0 Å². The molecule has 0 radical (unpaired) electrons. The summed E-state index contributed by atoms with van der Waals surface area (Å²) in [5.74, 6) is 0. The molecule has 13 heavy (non-hydrogen) atoms. The summed E-state index contributed by atoms with van der Waals surface area (Å²) in [4.78, 5) is 0. The van der Waals surface area contributed by atoms with Gasteiger partial charge in [-0.05, 0) is 0 Å². The molecule has 0 bridgehead atoms. The minimum atomic E-state index is -1.70. The Hall–Kier alpha value is 3.09. The van der Waals surface area contributed by atoms with Crippen LogP contribution in [0.25, 0.3) is 0 Å². The summed E-state index contributed by atoms with van der Waals surface area (Å²) in [6, 6.07) is 0. The zero-order chi connectivity index (χ0) is 10.7. The van der Waals surface area contributed by atoms with Crippen molar-refractivity contribution in [3.05, 3.63) is 0 Å². The van der Waals surface area contributed by atoms with Crippen LogP contribution < -0.4 is 0 Å². The Labute approximate surface area is 125 Å². The fourth-order valence-corrected chi connectivity index (χ4v) is 0. The first-order valence-electron chi connectivity index (χ1n) is 1.64. The van der Waals surface area contributed by atoms with E-state index in [-0.39, 0.29) is 21.1 Å². The number of hydrogen-bond acceptors (Lipinski definition) is 9. The first kappa shape index (κ1) is 25.1. The first-order chi connectivity index (χ1) is 5.20. The van der Waals surface area contributed by atoms with Crippen LogP contribution in [0.3, 0.4) is 0 Å². The fraction of sp³-hybridized carbons (Fsp3) is 0. The van der Waals surface area contributed by atoms with Crippen LogP contribution in [0.4, 0.5) is 0 Å². The van der Waals surface area contributed by atoms with Crippen LogP contribution in [0.15, 0.2) is 0 Å². The van der Waals surface area contributed by atoms with Gasteiger partial charge in [-0.2, -0.15) is 0 Å². The average molecular weight is 429 g/mol. The molecule has 0 saturated heterocycles. The Balaban J connectivity index is -0.0000000450. The van der Waals surface area contributed by atoms with E-state index in [2.05, 4.69) is 73.5 Å². The van der Waals surface area contributed by atoms with Gasteiger partial charge in [-0.1, -0.05) is 0 Å². The van der Waals surface area contributed by atoms with Gasteiger partial charge in [-0.25, -0.2) is 0 Å². The van der Waals surface area contributed by atoms with Gasteiger partial charge in [0, 0.05) is 21.1 Å². The van der Waals surface area contributed by atoms with Crippen molar-refractivity contribution >= 4 is 92.1 Å². The maximum Gasteiger partial charge on any atom is 0.0695 e. The van der Waals surface area contributed by atoms with Gasteiger partial charge < -0.3 is 73.5 Å². The molecule has 0 aromatic carbocycles. The summed E-state index contributed by atoms with van der Waals surface area (Å²) in [7, 11) is 0. The second kappa shape index (κ2) is 20.5. The molecule has 0 aromatic heterocycles.